The van der Waals surface area contributed by atoms with Crippen molar-refractivity contribution in [3.8, 4) is 5.75 Å². The summed E-state index contributed by atoms with van der Waals surface area (Å²) in [6, 6.07) is 18.1. The summed E-state index contributed by atoms with van der Waals surface area (Å²) in [6.45, 7) is 4.11. The van der Waals surface area contributed by atoms with Gasteiger partial charge in [-0.15, -0.1) is 0 Å². The maximum Gasteiger partial charge on any atom is 0.251 e. The Kier molecular flexibility index (Phi) is 5.35. The summed E-state index contributed by atoms with van der Waals surface area (Å²) in [5, 5.41) is 10.3. The summed E-state index contributed by atoms with van der Waals surface area (Å²) in [5.74, 6) is 0.116. The van der Waals surface area contributed by atoms with E-state index in [0.717, 1.165) is 33.5 Å². The lowest BCUT2D eigenvalue weighted by Crippen LogP contribution is -2.36. The number of hydrogen-bond donors (Lipinski definition) is 1. The largest absolute Gasteiger partial charge is 0.508 e. The van der Waals surface area contributed by atoms with Crippen LogP contribution in [-0.2, 0) is 11.2 Å². The monoisotopic (exact) mass is 418 g/mol. The number of amides is 1. The molecule has 1 aliphatic rings. The van der Waals surface area contributed by atoms with E-state index in [0.29, 0.717) is 17.2 Å². The van der Waals surface area contributed by atoms with Crippen LogP contribution in [-0.4, -0.2) is 29.8 Å². The molecule has 3 aromatic rings. The molecule has 0 fully saturated rings. The number of phenolic OH excluding ortho intramolecular Hbond substituents is 1. The lowest BCUT2D eigenvalue weighted by atomic mass is 9.99. The van der Waals surface area contributed by atoms with Gasteiger partial charge < -0.3 is 10.0 Å². The number of benzodiazepines with no additional fused rings is 1. The number of phenols is 1. The number of carbonyl (C=O) groups excluding carboxylic acids is 1. The molecular formula is C25H23ClN2O2. The van der Waals surface area contributed by atoms with Crippen molar-refractivity contribution in [2.45, 2.75) is 26.3 Å². The highest BCUT2D eigenvalue weighted by Gasteiger charge is 2.30. The van der Waals surface area contributed by atoms with E-state index >= 15 is 0 Å². The highest BCUT2D eigenvalue weighted by atomic mass is 35.5. The van der Waals surface area contributed by atoms with Gasteiger partial charge in [-0.05, 0) is 61.9 Å². The number of carbonyl (C=O) groups is 1. The van der Waals surface area contributed by atoms with Gasteiger partial charge in [0.2, 0.25) is 0 Å². The number of fused-ring (bicyclic) bond motifs is 1. The standard InChI is InChI=1S/C25H23ClN2O2/c1-15-10-16(2)12-17(11-15)13-22-25(30)28(3)23-9-6-19(26)14-21(23)24(27-22)18-4-7-20(29)8-5-18/h4-12,14,22,29H,13H2,1-3H3. The molecule has 0 spiro atoms. The fourth-order valence-corrected chi connectivity index (χ4v) is 4.18. The zero-order valence-corrected chi connectivity index (χ0v) is 17.9. The molecule has 0 radical (unpaired) electrons. The smallest absolute Gasteiger partial charge is 0.251 e. The first-order chi connectivity index (χ1) is 14.3. The van der Waals surface area contributed by atoms with E-state index in [2.05, 4.69) is 32.0 Å². The first-order valence-electron chi connectivity index (χ1n) is 9.83. The number of rotatable bonds is 3. The number of benzene rings is 3. The second kappa shape index (κ2) is 7.96. The molecule has 0 saturated carbocycles. The third-order valence-corrected chi connectivity index (χ3v) is 5.56. The van der Waals surface area contributed by atoms with Crippen LogP contribution in [0.4, 0.5) is 5.69 Å². The maximum atomic E-state index is 13.3. The first-order valence-corrected chi connectivity index (χ1v) is 10.2. The molecule has 1 aliphatic heterocycles. The van der Waals surface area contributed by atoms with Crippen LogP contribution in [0, 0.1) is 13.8 Å². The van der Waals surface area contributed by atoms with E-state index < -0.39 is 6.04 Å². The number of aromatic hydroxyl groups is 1. The van der Waals surface area contributed by atoms with Crippen molar-refractivity contribution in [2.75, 3.05) is 11.9 Å². The van der Waals surface area contributed by atoms with E-state index in [9.17, 15) is 9.90 Å². The van der Waals surface area contributed by atoms with Crippen molar-refractivity contribution in [2.24, 2.45) is 4.99 Å². The number of nitrogens with zero attached hydrogens (tertiary/aromatic N) is 2. The highest BCUT2D eigenvalue weighted by Crippen LogP contribution is 2.31. The second-order valence-corrected chi connectivity index (χ2v) is 8.24. The van der Waals surface area contributed by atoms with Gasteiger partial charge in [0.05, 0.1) is 11.4 Å². The predicted molar refractivity (Wildman–Crippen MR) is 122 cm³/mol. The Hall–Kier alpha value is -3.11. The normalized spacial score (nSPS) is 16.1. The van der Waals surface area contributed by atoms with Crippen molar-refractivity contribution in [1.29, 1.82) is 0 Å². The van der Waals surface area contributed by atoms with Crippen LogP contribution in [0.5, 0.6) is 5.75 Å². The average Bonchev–Trinajstić information content (AvgIpc) is 2.78. The molecule has 4 nitrogen and oxygen atoms in total. The molecule has 152 valence electrons. The van der Waals surface area contributed by atoms with Gasteiger partial charge in [0.25, 0.3) is 5.91 Å². The molecule has 1 unspecified atom stereocenters. The molecule has 0 saturated heterocycles. The zero-order chi connectivity index (χ0) is 21.4. The third kappa shape index (κ3) is 3.96. The van der Waals surface area contributed by atoms with Crippen molar-refractivity contribution < 1.29 is 9.90 Å². The van der Waals surface area contributed by atoms with Crippen molar-refractivity contribution >= 4 is 28.9 Å². The van der Waals surface area contributed by atoms with Crippen LogP contribution in [0.3, 0.4) is 0 Å². The topological polar surface area (TPSA) is 52.9 Å². The molecule has 0 aliphatic carbocycles. The third-order valence-electron chi connectivity index (χ3n) is 5.33. The Balaban J connectivity index is 1.86. The number of anilines is 1. The molecule has 0 aromatic heterocycles. The van der Waals surface area contributed by atoms with Crippen LogP contribution in [0.2, 0.25) is 5.02 Å². The van der Waals surface area contributed by atoms with Gasteiger partial charge in [-0.3, -0.25) is 9.79 Å². The fourth-order valence-electron chi connectivity index (χ4n) is 4.01. The Labute approximate surface area is 181 Å². The number of aryl methyl sites for hydroxylation is 2. The molecule has 0 bridgehead atoms. The minimum atomic E-state index is -0.564. The number of hydrogen-bond acceptors (Lipinski definition) is 3. The van der Waals surface area contributed by atoms with Crippen molar-refractivity contribution in [3.05, 3.63) is 93.5 Å². The van der Waals surface area contributed by atoms with Gasteiger partial charge in [0.15, 0.2) is 0 Å². The quantitative estimate of drug-likeness (QED) is 0.644. The van der Waals surface area contributed by atoms with Gasteiger partial charge in [-0.2, -0.15) is 0 Å². The lowest BCUT2D eigenvalue weighted by Gasteiger charge is -2.21. The lowest BCUT2D eigenvalue weighted by molar-refractivity contribution is -0.119. The maximum absolute atomic E-state index is 13.3. The van der Waals surface area contributed by atoms with Gasteiger partial charge in [0.1, 0.15) is 11.8 Å². The van der Waals surface area contributed by atoms with E-state index in [-0.39, 0.29) is 11.7 Å². The van der Waals surface area contributed by atoms with Crippen molar-refractivity contribution in [1.82, 2.24) is 0 Å². The number of likely N-dealkylation sites (N-methyl/N-ethyl adjacent to an activating group) is 1. The van der Waals surface area contributed by atoms with Gasteiger partial charge in [-0.25, -0.2) is 0 Å². The van der Waals surface area contributed by atoms with E-state index in [1.165, 1.54) is 0 Å². The van der Waals surface area contributed by atoms with E-state index in [4.69, 9.17) is 16.6 Å². The van der Waals surface area contributed by atoms with Crippen LogP contribution in [0.25, 0.3) is 0 Å². The molecule has 1 heterocycles. The zero-order valence-electron chi connectivity index (χ0n) is 17.2. The molecule has 1 N–H and O–H groups in total. The number of aliphatic imine (C=N–C) groups is 1. The number of halogens is 1. The molecule has 1 amide bonds. The van der Waals surface area contributed by atoms with Crippen LogP contribution >= 0.6 is 11.6 Å². The highest BCUT2D eigenvalue weighted by molar-refractivity contribution is 6.32. The molecule has 5 heteroatoms. The summed E-state index contributed by atoms with van der Waals surface area (Å²) in [6.07, 6.45) is 0.509. The molecule has 30 heavy (non-hydrogen) atoms. The summed E-state index contributed by atoms with van der Waals surface area (Å²) in [5.41, 5.74) is 6.49. The Morgan fingerprint density at radius 2 is 1.67 bits per heavy atom. The van der Waals surface area contributed by atoms with E-state index in [1.54, 1.807) is 30.1 Å². The second-order valence-electron chi connectivity index (χ2n) is 7.80. The summed E-state index contributed by atoms with van der Waals surface area (Å²) in [7, 11) is 1.78. The van der Waals surface area contributed by atoms with Crippen molar-refractivity contribution in [3.63, 3.8) is 0 Å². The molecule has 3 aromatic carbocycles. The molecule has 4 rings (SSSR count). The minimum absolute atomic E-state index is 0.0634. The Morgan fingerprint density at radius 3 is 2.33 bits per heavy atom. The first kappa shape index (κ1) is 20.2. The summed E-state index contributed by atoms with van der Waals surface area (Å²) in [4.78, 5) is 19.9. The minimum Gasteiger partial charge on any atom is -0.508 e. The van der Waals surface area contributed by atoms with Gasteiger partial charge in [-0.1, -0.05) is 40.9 Å². The van der Waals surface area contributed by atoms with Crippen LogP contribution < -0.4 is 4.90 Å². The summed E-state index contributed by atoms with van der Waals surface area (Å²) < 4.78 is 0. The van der Waals surface area contributed by atoms with Gasteiger partial charge in [0, 0.05) is 29.6 Å². The molecular weight excluding hydrogens is 396 g/mol. The predicted octanol–water partition coefficient (Wildman–Crippen LogP) is 5.09. The Bertz CT molecular complexity index is 1130. The fraction of sp³-hybridized carbons (Fsp3) is 0.200. The average molecular weight is 419 g/mol. The van der Waals surface area contributed by atoms with Crippen LogP contribution in [0.15, 0.2) is 65.7 Å². The summed E-state index contributed by atoms with van der Waals surface area (Å²) >= 11 is 6.29. The van der Waals surface area contributed by atoms with Crippen LogP contribution in [0.1, 0.15) is 27.8 Å². The van der Waals surface area contributed by atoms with E-state index in [1.807, 2.05) is 24.3 Å². The Morgan fingerprint density at radius 1 is 1.00 bits per heavy atom. The SMILES string of the molecule is Cc1cc(C)cc(CC2N=C(c3ccc(O)cc3)c3cc(Cl)ccc3N(C)C2=O)c1. The van der Waals surface area contributed by atoms with Gasteiger partial charge >= 0.3 is 0 Å². The molecule has 1 atom stereocenters.